The predicted molar refractivity (Wildman–Crippen MR) is 69.4 cm³/mol. The summed E-state index contributed by atoms with van der Waals surface area (Å²) in [5.41, 5.74) is 0. The zero-order chi connectivity index (χ0) is 11.3. The van der Waals surface area contributed by atoms with Gasteiger partial charge in [-0.25, -0.2) is 0 Å². The van der Waals surface area contributed by atoms with Crippen LogP contribution in [0.5, 0.6) is 0 Å². The average molecular weight is 292 g/mol. The van der Waals surface area contributed by atoms with E-state index in [0.29, 0.717) is 12.6 Å². The number of thiophene rings is 1. The highest BCUT2D eigenvalue weighted by Crippen LogP contribution is 2.28. The molecule has 2 unspecified atom stereocenters. The molecule has 0 fully saturated rings. The minimum Gasteiger partial charge on any atom is -0.392 e. The van der Waals surface area contributed by atoms with E-state index >= 15 is 0 Å². The van der Waals surface area contributed by atoms with Gasteiger partial charge >= 0.3 is 0 Å². The third kappa shape index (κ3) is 4.23. The molecule has 0 aromatic carbocycles. The van der Waals surface area contributed by atoms with Crippen LogP contribution in [0, 0.1) is 0 Å². The van der Waals surface area contributed by atoms with Gasteiger partial charge in [0, 0.05) is 21.9 Å². The quantitative estimate of drug-likeness (QED) is 0.843. The average Bonchev–Trinajstić information content (AvgIpc) is 2.61. The van der Waals surface area contributed by atoms with E-state index in [1.165, 1.54) is 4.88 Å². The van der Waals surface area contributed by atoms with Gasteiger partial charge in [0.1, 0.15) is 0 Å². The van der Waals surface area contributed by atoms with Gasteiger partial charge in [-0.1, -0.05) is 13.3 Å². The highest BCUT2D eigenvalue weighted by molar-refractivity contribution is 9.10. The first-order chi connectivity index (χ1) is 7.15. The summed E-state index contributed by atoms with van der Waals surface area (Å²) in [7, 11) is 0. The van der Waals surface area contributed by atoms with Gasteiger partial charge in [0.25, 0.3) is 0 Å². The summed E-state index contributed by atoms with van der Waals surface area (Å²) < 4.78 is 1.15. The van der Waals surface area contributed by atoms with Gasteiger partial charge in [0.2, 0.25) is 0 Å². The third-order valence-electron chi connectivity index (χ3n) is 2.32. The maximum Gasteiger partial charge on any atom is 0.0664 e. The Balaban J connectivity index is 2.36. The topological polar surface area (TPSA) is 32.3 Å². The van der Waals surface area contributed by atoms with E-state index in [1.807, 2.05) is 0 Å². The number of aliphatic hydroxyl groups excluding tert-OH is 1. The van der Waals surface area contributed by atoms with Gasteiger partial charge in [0.15, 0.2) is 0 Å². The smallest absolute Gasteiger partial charge is 0.0664 e. The molecule has 2 atom stereocenters. The molecule has 15 heavy (non-hydrogen) atoms. The summed E-state index contributed by atoms with van der Waals surface area (Å²) in [6, 6.07) is 2.35. The molecule has 1 heterocycles. The van der Waals surface area contributed by atoms with E-state index in [1.54, 1.807) is 11.3 Å². The van der Waals surface area contributed by atoms with E-state index in [4.69, 9.17) is 0 Å². The molecule has 0 saturated carbocycles. The molecule has 1 aromatic rings. The predicted octanol–water partition coefficient (Wildman–Crippen LogP) is 3.32. The monoisotopic (exact) mass is 291 g/mol. The molecule has 1 rings (SSSR count). The van der Waals surface area contributed by atoms with Crippen LogP contribution < -0.4 is 5.32 Å². The van der Waals surface area contributed by atoms with E-state index in [-0.39, 0.29) is 6.10 Å². The molecule has 0 spiro atoms. The minimum atomic E-state index is -0.226. The van der Waals surface area contributed by atoms with Crippen LogP contribution in [-0.4, -0.2) is 17.8 Å². The van der Waals surface area contributed by atoms with Crippen LogP contribution in [0.1, 0.15) is 37.6 Å². The standard InChI is InChI=1S/C11H18BrNOS/c1-3-4-9(14)7-13-8(2)11-10(12)5-6-15-11/h5-6,8-9,13-14H,3-4,7H2,1-2H3. The first-order valence-corrected chi connectivity index (χ1v) is 6.96. The third-order valence-corrected chi connectivity index (χ3v) is 4.37. The van der Waals surface area contributed by atoms with Crippen molar-refractivity contribution in [2.75, 3.05) is 6.54 Å². The van der Waals surface area contributed by atoms with Crippen LogP contribution in [0.3, 0.4) is 0 Å². The number of nitrogens with one attached hydrogen (secondary N) is 1. The molecule has 0 amide bonds. The SMILES string of the molecule is CCCC(O)CNC(C)c1sccc1Br. The Labute approximate surface area is 104 Å². The molecule has 0 aliphatic rings. The van der Waals surface area contributed by atoms with Crippen LogP contribution in [0.4, 0.5) is 0 Å². The Morgan fingerprint density at radius 2 is 2.33 bits per heavy atom. The summed E-state index contributed by atoms with van der Waals surface area (Å²) in [6.45, 7) is 4.87. The maximum atomic E-state index is 9.59. The van der Waals surface area contributed by atoms with Crippen molar-refractivity contribution in [1.82, 2.24) is 5.32 Å². The van der Waals surface area contributed by atoms with Gasteiger partial charge < -0.3 is 10.4 Å². The molecule has 1 aromatic heterocycles. The lowest BCUT2D eigenvalue weighted by Gasteiger charge is -2.16. The second kappa shape index (κ2) is 6.63. The second-order valence-electron chi connectivity index (χ2n) is 3.71. The van der Waals surface area contributed by atoms with Crippen molar-refractivity contribution in [1.29, 1.82) is 0 Å². The Morgan fingerprint density at radius 1 is 1.60 bits per heavy atom. The van der Waals surface area contributed by atoms with Crippen LogP contribution >= 0.6 is 27.3 Å². The van der Waals surface area contributed by atoms with E-state index in [0.717, 1.165) is 17.3 Å². The Morgan fingerprint density at radius 3 is 2.87 bits per heavy atom. The normalized spacial score (nSPS) is 15.2. The van der Waals surface area contributed by atoms with Gasteiger partial charge in [-0.2, -0.15) is 0 Å². The molecule has 2 nitrogen and oxygen atoms in total. The zero-order valence-electron chi connectivity index (χ0n) is 9.16. The van der Waals surface area contributed by atoms with E-state index in [9.17, 15) is 5.11 Å². The van der Waals surface area contributed by atoms with Crippen LogP contribution in [-0.2, 0) is 0 Å². The number of aliphatic hydroxyl groups is 1. The van der Waals surface area contributed by atoms with E-state index in [2.05, 4.69) is 46.5 Å². The molecule has 0 aliphatic carbocycles. The van der Waals surface area contributed by atoms with Crippen LogP contribution in [0.2, 0.25) is 0 Å². The van der Waals surface area contributed by atoms with Crippen molar-refractivity contribution < 1.29 is 5.11 Å². The van der Waals surface area contributed by atoms with Crippen molar-refractivity contribution in [3.05, 3.63) is 20.8 Å². The lowest BCUT2D eigenvalue weighted by molar-refractivity contribution is 0.157. The number of hydrogen-bond donors (Lipinski definition) is 2. The highest BCUT2D eigenvalue weighted by atomic mass is 79.9. The minimum absolute atomic E-state index is 0.226. The fourth-order valence-electron chi connectivity index (χ4n) is 1.46. The Kier molecular flexibility index (Phi) is 5.82. The van der Waals surface area contributed by atoms with Crippen molar-refractivity contribution in [2.24, 2.45) is 0 Å². The molecule has 4 heteroatoms. The lowest BCUT2D eigenvalue weighted by atomic mass is 10.2. The first kappa shape index (κ1) is 13.2. The Bertz CT molecular complexity index is 290. The summed E-state index contributed by atoms with van der Waals surface area (Å²) in [6.07, 6.45) is 1.67. The summed E-state index contributed by atoms with van der Waals surface area (Å²) in [4.78, 5) is 1.29. The molecule has 2 N–H and O–H groups in total. The first-order valence-electron chi connectivity index (χ1n) is 5.29. The lowest BCUT2D eigenvalue weighted by Crippen LogP contribution is -2.28. The summed E-state index contributed by atoms with van der Waals surface area (Å²) >= 11 is 5.24. The molecule has 0 aliphatic heterocycles. The molecular formula is C11H18BrNOS. The zero-order valence-corrected chi connectivity index (χ0v) is 11.6. The van der Waals surface area contributed by atoms with E-state index < -0.39 is 0 Å². The molecule has 86 valence electrons. The van der Waals surface area contributed by atoms with Crippen molar-refractivity contribution >= 4 is 27.3 Å². The Hall–Kier alpha value is 0.100. The van der Waals surface area contributed by atoms with Gasteiger partial charge in [0.05, 0.1) is 6.10 Å². The highest BCUT2D eigenvalue weighted by Gasteiger charge is 2.11. The number of halogens is 1. The van der Waals surface area contributed by atoms with Gasteiger partial charge in [-0.15, -0.1) is 11.3 Å². The molecular weight excluding hydrogens is 274 g/mol. The number of hydrogen-bond acceptors (Lipinski definition) is 3. The van der Waals surface area contributed by atoms with Crippen LogP contribution in [0.25, 0.3) is 0 Å². The van der Waals surface area contributed by atoms with Crippen LogP contribution in [0.15, 0.2) is 15.9 Å². The molecule has 0 bridgehead atoms. The molecule has 0 saturated heterocycles. The summed E-state index contributed by atoms with van der Waals surface area (Å²) in [5.74, 6) is 0. The fourth-order valence-corrected chi connectivity index (χ4v) is 3.20. The molecule has 0 radical (unpaired) electrons. The van der Waals surface area contributed by atoms with Gasteiger partial charge in [-0.3, -0.25) is 0 Å². The van der Waals surface area contributed by atoms with Crippen molar-refractivity contribution in [2.45, 2.75) is 38.8 Å². The van der Waals surface area contributed by atoms with Crippen molar-refractivity contribution in [3.63, 3.8) is 0 Å². The maximum absolute atomic E-state index is 9.59. The number of rotatable bonds is 6. The van der Waals surface area contributed by atoms with Crippen molar-refractivity contribution in [3.8, 4) is 0 Å². The summed E-state index contributed by atoms with van der Waals surface area (Å²) in [5, 5.41) is 15.0. The second-order valence-corrected chi connectivity index (χ2v) is 5.51. The van der Waals surface area contributed by atoms with Gasteiger partial charge in [-0.05, 0) is 40.7 Å². The fraction of sp³-hybridized carbons (Fsp3) is 0.636. The largest absolute Gasteiger partial charge is 0.392 e.